The molecule has 0 aromatic heterocycles. The summed E-state index contributed by atoms with van der Waals surface area (Å²) in [4.78, 5) is 11.7. The van der Waals surface area contributed by atoms with Gasteiger partial charge in [-0.3, -0.25) is 4.79 Å². The average Bonchev–Trinajstić information content (AvgIpc) is 2.51. The van der Waals surface area contributed by atoms with Crippen LogP contribution in [0.1, 0.15) is 19.3 Å². The first-order valence-corrected chi connectivity index (χ1v) is 7.28. The fraction of sp³-hybridized carbons (Fsp3) is 0.438. The topological polar surface area (TPSA) is 50.4 Å². The Kier molecular flexibility index (Phi) is 8.55. The van der Waals surface area contributed by atoms with Crippen LogP contribution in [0.2, 0.25) is 0 Å². The molecule has 1 heterocycles. The highest BCUT2D eigenvalue weighted by atomic mass is 35.5. The summed E-state index contributed by atoms with van der Waals surface area (Å²) in [6.07, 6.45) is 4.14. The highest BCUT2D eigenvalue weighted by molar-refractivity contribution is 5.85. The second kappa shape index (κ2) is 10.2. The van der Waals surface area contributed by atoms with Gasteiger partial charge in [0.05, 0.1) is 6.61 Å². The largest absolute Gasteiger partial charge is 0.493 e. The fourth-order valence-corrected chi connectivity index (χ4v) is 2.11. The lowest BCUT2D eigenvalue weighted by Crippen LogP contribution is -2.29. The number of hydrogen-bond acceptors (Lipinski definition) is 3. The highest BCUT2D eigenvalue weighted by Crippen LogP contribution is 2.12. The van der Waals surface area contributed by atoms with Gasteiger partial charge in [-0.15, -0.1) is 12.4 Å². The molecule has 1 aliphatic heterocycles. The van der Waals surface area contributed by atoms with Crippen molar-refractivity contribution in [3.8, 4) is 5.75 Å². The van der Waals surface area contributed by atoms with Crippen LogP contribution in [-0.4, -0.2) is 32.1 Å². The van der Waals surface area contributed by atoms with Crippen LogP contribution in [0, 0.1) is 5.82 Å². The minimum Gasteiger partial charge on any atom is -0.493 e. The molecule has 0 saturated carbocycles. The summed E-state index contributed by atoms with van der Waals surface area (Å²) in [5, 5.41) is 6.14. The van der Waals surface area contributed by atoms with Crippen molar-refractivity contribution in [3.05, 3.63) is 41.7 Å². The molecule has 0 bridgehead atoms. The molecule has 122 valence electrons. The first kappa shape index (κ1) is 18.5. The van der Waals surface area contributed by atoms with E-state index < -0.39 is 0 Å². The molecule has 1 amide bonds. The first-order chi connectivity index (χ1) is 10.2. The minimum absolute atomic E-state index is 0. The van der Waals surface area contributed by atoms with E-state index in [0.29, 0.717) is 31.7 Å². The van der Waals surface area contributed by atoms with E-state index in [1.54, 1.807) is 12.1 Å². The van der Waals surface area contributed by atoms with Crippen LogP contribution < -0.4 is 15.4 Å². The van der Waals surface area contributed by atoms with Crippen molar-refractivity contribution in [2.45, 2.75) is 19.3 Å². The molecule has 0 spiro atoms. The molecule has 0 fully saturated rings. The van der Waals surface area contributed by atoms with Crippen molar-refractivity contribution in [3.63, 3.8) is 0 Å². The van der Waals surface area contributed by atoms with E-state index in [0.717, 1.165) is 19.5 Å². The van der Waals surface area contributed by atoms with Crippen LogP contribution in [-0.2, 0) is 4.79 Å². The lowest BCUT2D eigenvalue weighted by atomic mass is 10.1. The quantitative estimate of drug-likeness (QED) is 0.597. The van der Waals surface area contributed by atoms with Gasteiger partial charge in [-0.1, -0.05) is 17.7 Å². The molecule has 0 saturated heterocycles. The Hall–Kier alpha value is -1.59. The maximum Gasteiger partial charge on any atom is 0.220 e. The normalized spacial score (nSPS) is 13.8. The third-order valence-corrected chi connectivity index (χ3v) is 3.28. The van der Waals surface area contributed by atoms with Crippen molar-refractivity contribution in [2.24, 2.45) is 0 Å². The molecule has 0 atom stereocenters. The zero-order valence-electron chi connectivity index (χ0n) is 12.4. The van der Waals surface area contributed by atoms with Crippen LogP contribution in [0.3, 0.4) is 0 Å². The summed E-state index contributed by atoms with van der Waals surface area (Å²) in [5.41, 5.74) is 1.28. The molecule has 2 N–H and O–H groups in total. The van der Waals surface area contributed by atoms with Crippen LogP contribution in [0.5, 0.6) is 5.75 Å². The molecule has 0 radical (unpaired) electrons. The number of nitrogens with one attached hydrogen (secondary N) is 2. The molecule has 0 unspecified atom stereocenters. The highest BCUT2D eigenvalue weighted by Gasteiger charge is 2.06. The summed E-state index contributed by atoms with van der Waals surface area (Å²) >= 11 is 0. The molecular weight excluding hydrogens is 307 g/mol. The molecule has 1 aliphatic rings. The van der Waals surface area contributed by atoms with E-state index in [2.05, 4.69) is 16.7 Å². The Labute approximate surface area is 136 Å². The van der Waals surface area contributed by atoms with Crippen molar-refractivity contribution < 1.29 is 13.9 Å². The monoisotopic (exact) mass is 328 g/mol. The van der Waals surface area contributed by atoms with Gasteiger partial charge in [0.1, 0.15) is 11.6 Å². The number of carbonyl (C=O) groups is 1. The van der Waals surface area contributed by atoms with E-state index in [9.17, 15) is 9.18 Å². The number of amides is 1. The van der Waals surface area contributed by atoms with Crippen LogP contribution in [0.4, 0.5) is 4.39 Å². The van der Waals surface area contributed by atoms with E-state index in [4.69, 9.17) is 4.74 Å². The Balaban J connectivity index is 0.00000242. The Morgan fingerprint density at radius 2 is 2.27 bits per heavy atom. The molecule has 22 heavy (non-hydrogen) atoms. The SMILES string of the molecule is Cl.O=C(CCCOc1cccc(F)c1)NCC1=CCNCC1. The van der Waals surface area contributed by atoms with Gasteiger partial charge < -0.3 is 15.4 Å². The van der Waals surface area contributed by atoms with Crippen LogP contribution >= 0.6 is 12.4 Å². The zero-order chi connectivity index (χ0) is 14.9. The predicted molar refractivity (Wildman–Crippen MR) is 87.0 cm³/mol. The summed E-state index contributed by atoms with van der Waals surface area (Å²) < 4.78 is 18.3. The smallest absolute Gasteiger partial charge is 0.220 e. The van der Waals surface area contributed by atoms with Crippen molar-refractivity contribution in [1.82, 2.24) is 10.6 Å². The van der Waals surface area contributed by atoms with Gasteiger partial charge in [-0.2, -0.15) is 0 Å². The first-order valence-electron chi connectivity index (χ1n) is 7.28. The van der Waals surface area contributed by atoms with Crippen molar-refractivity contribution in [1.29, 1.82) is 0 Å². The second-order valence-electron chi connectivity index (χ2n) is 5.00. The van der Waals surface area contributed by atoms with E-state index >= 15 is 0 Å². The summed E-state index contributed by atoms with van der Waals surface area (Å²) in [5.74, 6) is 0.202. The van der Waals surface area contributed by atoms with Gasteiger partial charge in [0.2, 0.25) is 5.91 Å². The maximum atomic E-state index is 12.9. The van der Waals surface area contributed by atoms with Gasteiger partial charge in [0.15, 0.2) is 0 Å². The lowest BCUT2D eigenvalue weighted by Gasteiger charge is -2.14. The average molecular weight is 329 g/mol. The minimum atomic E-state index is -0.319. The van der Waals surface area contributed by atoms with Crippen LogP contribution in [0.25, 0.3) is 0 Å². The second-order valence-corrected chi connectivity index (χ2v) is 5.00. The third kappa shape index (κ3) is 6.91. The van der Waals surface area contributed by atoms with Gasteiger partial charge in [-0.05, 0) is 31.5 Å². The van der Waals surface area contributed by atoms with E-state index in [1.807, 2.05) is 0 Å². The Morgan fingerprint density at radius 3 is 3.00 bits per heavy atom. The van der Waals surface area contributed by atoms with Gasteiger partial charge in [0.25, 0.3) is 0 Å². The molecule has 6 heteroatoms. The number of halogens is 2. The Morgan fingerprint density at radius 1 is 1.41 bits per heavy atom. The number of ether oxygens (including phenoxy) is 1. The molecule has 1 aromatic carbocycles. The number of rotatable bonds is 7. The molecular formula is C16H22ClFN2O2. The Bertz CT molecular complexity index is 509. The van der Waals surface area contributed by atoms with Gasteiger partial charge in [-0.25, -0.2) is 4.39 Å². The number of carbonyl (C=O) groups excluding carboxylic acids is 1. The number of benzene rings is 1. The third-order valence-electron chi connectivity index (χ3n) is 3.28. The molecule has 1 aromatic rings. The summed E-state index contributed by atoms with van der Waals surface area (Å²) in [6, 6.07) is 6.01. The van der Waals surface area contributed by atoms with Crippen LogP contribution in [0.15, 0.2) is 35.9 Å². The molecule has 4 nitrogen and oxygen atoms in total. The summed E-state index contributed by atoms with van der Waals surface area (Å²) in [6.45, 7) is 2.89. The lowest BCUT2D eigenvalue weighted by molar-refractivity contribution is -0.121. The van der Waals surface area contributed by atoms with E-state index in [1.165, 1.54) is 17.7 Å². The number of hydrogen-bond donors (Lipinski definition) is 2. The summed E-state index contributed by atoms with van der Waals surface area (Å²) in [7, 11) is 0. The molecule has 2 rings (SSSR count). The predicted octanol–water partition coefficient (Wildman–Crippen LogP) is 2.44. The van der Waals surface area contributed by atoms with Crippen molar-refractivity contribution >= 4 is 18.3 Å². The standard InChI is InChI=1S/C16H21FN2O2.ClH/c17-14-3-1-4-15(11-14)21-10-2-5-16(20)19-12-13-6-8-18-9-7-13;/h1,3-4,6,11,18H,2,5,7-10,12H2,(H,19,20);1H. The van der Waals surface area contributed by atoms with Gasteiger partial charge >= 0.3 is 0 Å². The zero-order valence-corrected chi connectivity index (χ0v) is 13.3. The van der Waals surface area contributed by atoms with Gasteiger partial charge in [0, 0.05) is 25.6 Å². The van der Waals surface area contributed by atoms with Crippen molar-refractivity contribution in [2.75, 3.05) is 26.2 Å². The fourth-order valence-electron chi connectivity index (χ4n) is 2.11. The maximum absolute atomic E-state index is 12.9. The molecule has 0 aliphatic carbocycles. The van der Waals surface area contributed by atoms with E-state index in [-0.39, 0.29) is 24.1 Å².